The van der Waals surface area contributed by atoms with Crippen molar-refractivity contribution in [1.29, 1.82) is 0 Å². The summed E-state index contributed by atoms with van der Waals surface area (Å²) >= 11 is 0. The highest BCUT2D eigenvalue weighted by Crippen LogP contribution is 2.38. The van der Waals surface area contributed by atoms with Crippen LogP contribution in [0.25, 0.3) is 0 Å². The van der Waals surface area contributed by atoms with Crippen molar-refractivity contribution in [2.75, 3.05) is 6.54 Å². The molecule has 1 fully saturated rings. The Bertz CT molecular complexity index is 392. The number of H-pyrrole nitrogens is 1. The lowest BCUT2D eigenvalue weighted by molar-refractivity contribution is 0.0910. The summed E-state index contributed by atoms with van der Waals surface area (Å²) < 4.78 is 0. The van der Waals surface area contributed by atoms with E-state index in [0.29, 0.717) is 18.2 Å². The van der Waals surface area contributed by atoms with Crippen molar-refractivity contribution < 1.29 is 4.79 Å². The van der Waals surface area contributed by atoms with Gasteiger partial charge in [0, 0.05) is 23.7 Å². The largest absolute Gasteiger partial charge is 0.344 e. The number of amides is 1. The van der Waals surface area contributed by atoms with Crippen LogP contribution in [-0.4, -0.2) is 28.2 Å². The highest BCUT2D eigenvalue weighted by molar-refractivity contribution is 5.92. The normalized spacial score (nSPS) is 16.2. The summed E-state index contributed by atoms with van der Waals surface area (Å²) in [6.45, 7) is 4.18. The van der Waals surface area contributed by atoms with E-state index in [1.165, 1.54) is 12.8 Å². The molecule has 1 heterocycles. The van der Waals surface area contributed by atoms with E-state index in [1.807, 2.05) is 19.9 Å². The SMILES string of the molecule is CC(C)(CN)NC(=O)c1cc(C2CC2)[nH]n1. The van der Waals surface area contributed by atoms with Crippen LogP contribution in [0.2, 0.25) is 0 Å². The summed E-state index contributed by atoms with van der Waals surface area (Å²) in [5.41, 5.74) is 6.67. The van der Waals surface area contributed by atoms with Crippen LogP contribution in [0.4, 0.5) is 0 Å². The third-order valence-corrected chi connectivity index (χ3v) is 2.81. The number of aromatic amines is 1. The second kappa shape index (κ2) is 3.90. The van der Waals surface area contributed by atoms with Gasteiger partial charge in [0.05, 0.1) is 0 Å². The first-order valence-corrected chi connectivity index (χ1v) is 5.60. The predicted molar refractivity (Wildman–Crippen MR) is 61.2 cm³/mol. The Morgan fingerprint density at radius 2 is 2.38 bits per heavy atom. The molecule has 0 unspecified atom stereocenters. The van der Waals surface area contributed by atoms with Crippen LogP contribution < -0.4 is 11.1 Å². The summed E-state index contributed by atoms with van der Waals surface area (Å²) in [5, 5.41) is 9.78. The first-order chi connectivity index (χ1) is 7.52. The minimum atomic E-state index is -0.393. The average Bonchev–Trinajstić information content (AvgIpc) is 2.96. The Kier molecular flexibility index (Phi) is 2.71. The molecular weight excluding hydrogens is 204 g/mol. The monoisotopic (exact) mass is 222 g/mol. The number of hydrogen-bond acceptors (Lipinski definition) is 3. The highest BCUT2D eigenvalue weighted by atomic mass is 16.2. The van der Waals surface area contributed by atoms with E-state index in [9.17, 15) is 4.79 Å². The molecule has 1 amide bonds. The Morgan fingerprint density at radius 3 is 2.94 bits per heavy atom. The fraction of sp³-hybridized carbons (Fsp3) is 0.636. The van der Waals surface area contributed by atoms with Crippen molar-refractivity contribution in [2.45, 2.75) is 38.1 Å². The Labute approximate surface area is 94.8 Å². The van der Waals surface area contributed by atoms with Crippen molar-refractivity contribution in [3.8, 4) is 0 Å². The van der Waals surface area contributed by atoms with E-state index in [1.54, 1.807) is 0 Å². The number of carbonyl (C=O) groups is 1. The van der Waals surface area contributed by atoms with E-state index in [2.05, 4.69) is 15.5 Å². The van der Waals surface area contributed by atoms with Gasteiger partial charge in [0.15, 0.2) is 0 Å². The Hall–Kier alpha value is -1.36. The topological polar surface area (TPSA) is 83.8 Å². The molecule has 0 radical (unpaired) electrons. The van der Waals surface area contributed by atoms with Crippen LogP contribution >= 0.6 is 0 Å². The standard InChI is InChI=1S/C11H18N4O/c1-11(2,6-12)13-10(16)9-5-8(14-15-9)7-3-4-7/h5,7H,3-4,6,12H2,1-2H3,(H,13,16)(H,14,15). The van der Waals surface area contributed by atoms with Gasteiger partial charge >= 0.3 is 0 Å². The minimum absolute atomic E-state index is 0.168. The average molecular weight is 222 g/mol. The van der Waals surface area contributed by atoms with Gasteiger partial charge in [0.2, 0.25) is 0 Å². The van der Waals surface area contributed by atoms with Gasteiger partial charge < -0.3 is 11.1 Å². The first-order valence-electron chi connectivity index (χ1n) is 5.60. The molecule has 0 aromatic carbocycles. The lowest BCUT2D eigenvalue weighted by Gasteiger charge is -2.23. The van der Waals surface area contributed by atoms with E-state index >= 15 is 0 Å². The van der Waals surface area contributed by atoms with Crippen molar-refractivity contribution in [2.24, 2.45) is 5.73 Å². The van der Waals surface area contributed by atoms with E-state index in [4.69, 9.17) is 5.73 Å². The summed E-state index contributed by atoms with van der Waals surface area (Å²) in [4.78, 5) is 11.8. The molecule has 0 atom stereocenters. The zero-order valence-corrected chi connectivity index (χ0v) is 9.71. The van der Waals surface area contributed by atoms with Gasteiger partial charge in [0.25, 0.3) is 5.91 Å². The van der Waals surface area contributed by atoms with Gasteiger partial charge in [-0.1, -0.05) is 0 Å². The third kappa shape index (κ3) is 2.41. The molecule has 1 aliphatic rings. The maximum atomic E-state index is 11.8. The van der Waals surface area contributed by atoms with E-state index in [0.717, 1.165) is 5.69 Å². The quantitative estimate of drug-likeness (QED) is 0.703. The van der Waals surface area contributed by atoms with Crippen molar-refractivity contribution in [3.05, 3.63) is 17.5 Å². The maximum absolute atomic E-state index is 11.8. The predicted octanol–water partition coefficient (Wildman–Crippen LogP) is 0.754. The number of carbonyl (C=O) groups excluding carboxylic acids is 1. The molecule has 2 rings (SSSR count). The van der Waals surface area contributed by atoms with Crippen molar-refractivity contribution in [3.63, 3.8) is 0 Å². The minimum Gasteiger partial charge on any atom is -0.344 e. The molecule has 1 aliphatic carbocycles. The van der Waals surface area contributed by atoms with Gasteiger partial charge in [-0.25, -0.2) is 0 Å². The molecular formula is C11H18N4O. The molecule has 16 heavy (non-hydrogen) atoms. The summed E-state index contributed by atoms with van der Waals surface area (Å²) in [7, 11) is 0. The first kappa shape index (κ1) is 11.1. The second-order valence-electron chi connectivity index (χ2n) is 5.02. The van der Waals surface area contributed by atoms with Crippen LogP contribution in [0.15, 0.2) is 6.07 Å². The number of nitrogens with one attached hydrogen (secondary N) is 2. The van der Waals surface area contributed by atoms with Crippen LogP contribution in [0.5, 0.6) is 0 Å². The molecule has 5 nitrogen and oxygen atoms in total. The fourth-order valence-corrected chi connectivity index (χ4v) is 1.48. The number of nitrogens with zero attached hydrogens (tertiary/aromatic N) is 1. The van der Waals surface area contributed by atoms with Crippen molar-refractivity contribution in [1.82, 2.24) is 15.5 Å². The van der Waals surface area contributed by atoms with Gasteiger partial charge in [-0.05, 0) is 32.8 Å². The van der Waals surface area contributed by atoms with Gasteiger partial charge in [0.1, 0.15) is 5.69 Å². The van der Waals surface area contributed by atoms with E-state index < -0.39 is 5.54 Å². The summed E-state index contributed by atoms with van der Waals surface area (Å²) in [6.07, 6.45) is 2.38. The number of hydrogen-bond donors (Lipinski definition) is 3. The molecule has 4 N–H and O–H groups in total. The van der Waals surface area contributed by atoms with Gasteiger partial charge in [-0.3, -0.25) is 9.89 Å². The van der Waals surface area contributed by atoms with E-state index in [-0.39, 0.29) is 5.91 Å². The molecule has 0 spiro atoms. The van der Waals surface area contributed by atoms with Crippen LogP contribution in [0, 0.1) is 0 Å². The maximum Gasteiger partial charge on any atom is 0.272 e. The number of nitrogens with two attached hydrogens (primary N) is 1. The van der Waals surface area contributed by atoms with Crippen molar-refractivity contribution >= 4 is 5.91 Å². The van der Waals surface area contributed by atoms with Gasteiger partial charge in [-0.15, -0.1) is 0 Å². The zero-order valence-electron chi connectivity index (χ0n) is 9.71. The molecule has 1 aromatic rings. The number of rotatable bonds is 4. The molecule has 0 bridgehead atoms. The highest BCUT2D eigenvalue weighted by Gasteiger charge is 2.27. The third-order valence-electron chi connectivity index (χ3n) is 2.81. The smallest absolute Gasteiger partial charge is 0.272 e. The molecule has 1 aromatic heterocycles. The van der Waals surface area contributed by atoms with Crippen LogP contribution in [0.3, 0.4) is 0 Å². The fourth-order valence-electron chi connectivity index (χ4n) is 1.48. The van der Waals surface area contributed by atoms with Gasteiger partial charge in [-0.2, -0.15) is 5.10 Å². The molecule has 0 saturated heterocycles. The Balaban J connectivity index is 2.02. The molecule has 0 aliphatic heterocycles. The summed E-state index contributed by atoms with van der Waals surface area (Å²) in [5.74, 6) is 0.412. The Morgan fingerprint density at radius 1 is 1.69 bits per heavy atom. The lowest BCUT2D eigenvalue weighted by Crippen LogP contribution is -2.48. The number of aromatic nitrogens is 2. The van der Waals surface area contributed by atoms with Crippen LogP contribution in [0.1, 0.15) is 48.8 Å². The van der Waals surface area contributed by atoms with Crippen LogP contribution in [-0.2, 0) is 0 Å². The summed E-state index contributed by atoms with van der Waals surface area (Å²) in [6, 6.07) is 1.83. The lowest BCUT2D eigenvalue weighted by atomic mass is 10.1. The second-order valence-corrected chi connectivity index (χ2v) is 5.02. The molecule has 5 heteroatoms. The molecule has 1 saturated carbocycles. The zero-order chi connectivity index (χ0) is 11.8. The molecule has 88 valence electrons.